The molecule has 2 aromatic rings. The van der Waals surface area contributed by atoms with Crippen LogP contribution in [0.25, 0.3) is 10.9 Å². The van der Waals surface area contributed by atoms with Gasteiger partial charge in [0.25, 0.3) is 0 Å². The molecule has 0 spiro atoms. The Morgan fingerprint density at radius 3 is 2.50 bits per heavy atom. The van der Waals surface area contributed by atoms with Crippen LogP contribution in [0.3, 0.4) is 0 Å². The quantitative estimate of drug-likeness (QED) is 0.648. The van der Waals surface area contributed by atoms with E-state index in [1.54, 1.807) is 0 Å². The molecule has 0 bridgehead atoms. The Balaban J connectivity index is 2.73. The van der Waals surface area contributed by atoms with Gasteiger partial charge in [0.05, 0.1) is 0 Å². The van der Waals surface area contributed by atoms with Crippen molar-refractivity contribution in [3.63, 3.8) is 0 Å². The lowest BCUT2D eigenvalue weighted by molar-refractivity contribution is 0.411. The molecule has 0 saturated carbocycles. The minimum absolute atomic E-state index is 0.159. The molecule has 0 atom stereocenters. The zero-order valence-corrected chi connectivity index (χ0v) is 10.9. The molecule has 1 aromatic carbocycles. The van der Waals surface area contributed by atoms with Crippen molar-refractivity contribution < 1.29 is 0 Å². The van der Waals surface area contributed by atoms with Crippen molar-refractivity contribution in [2.24, 2.45) is 0 Å². The zero-order chi connectivity index (χ0) is 10.3. The average molecular weight is 299 g/mol. The molecule has 0 fully saturated rings. The second-order valence-corrected chi connectivity index (χ2v) is 5.81. The van der Waals surface area contributed by atoms with Crippen LogP contribution in [0, 0.1) is 3.57 Å². The molecule has 1 aromatic heterocycles. The number of halogens is 1. The summed E-state index contributed by atoms with van der Waals surface area (Å²) in [7, 11) is 0. The summed E-state index contributed by atoms with van der Waals surface area (Å²) < 4.78 is 3.61. The average Bonchev–Trinajstić information content (AvgIpc) is 2.45. The van der Waals surface area contributed by atoms with Crippen LogP contribution in [0.2, 0.25) is 0 Å². The maximum atomic E-state index is 2.36. The van der Waals surface area contributed by atoms with Crippen LogP contribution in [0.1, 0.15) is 20.8 Å². The largest absolute Gasteiger partial charge is 0.342 e. The number of fused-ring (bicyclic) bond motifs is 1. The highest BCUT2D eigenvalue weighted by atomic mass is 127. The monoisotopic (exact) mass is 299 g/mol. The lowest BCUT2D eigenvalue weighted by atomic mass is 10.1. The van der Waals surface area contributed by atoms with Gasteiger partial charge in [-0.05, 0) is 66.9 Å². The maximum Gasteiger partial charge on any atom is 0.0495 e. The van der Waals surface area contributed by atoms with E-state index in [1.807, 2.05) is 0 Å². The van der Waals surface area contributed by atoms with Crippen LogP contribution in [-0.2, 0) is 5.54 Å². The SMILES string of the molecule is CC(C)(C)n1ccc2ccc(I)cc21. The van der Waals surface area contributed by atoms with Crippen LogP contribution in [-0.4, -0.2) is 4.57 Å². The van der Waals surface area contributed by atoms with Gasteiger partial charge in [-0.25, -0.2) is 0 Å². The Labute approximate surface area is 98.3 Å². The van der Waals surface area contributed by atoms with Gasteiger partial charge in [0.15, 0.2) is 0 Å². The Hall–Kier alpha value is -0.510. The number of aromatic nitrogens is 1. The van der Waals surface area contributed by atoms with E-state index in [0.29, 0.717) is 0 Å². The molecule has 0 N–H and O–H groups in total. The fourth-order valence-electron chi connectivity index (χ4n) is 1.69. The lowest BCUT2D eigenvalue weighted by Gasteiger charge is -2.22. The van der Waals surface area contributed by atoms with Gasteiger partial charge in [-0.15, -0.1) is 0 Å². The van der Waals surface area contributed by atoms with E-state index >= 15 is 0 Å². The Kier molecular flexibility index (Phi) is 2.33. The van der Waals surface area contributed by atoms with E-state index in [-0.39, 0.29) is 5.54 Å². The standard InChI is InChI=1S/C12H14IN/c1-12(2,3)14-7-6-9-4-5-10(13)8-11(9)14/h4-8H,1-3H3. The summed E-state index contributed by atoms with van der Waals surface area (Å²) in [4.78, 5) is 0. The predicted octanol–water partition coefficient (Wildman–Crippen LogP) is 4.00. The molecule has 14 heavy (non-hydrogen) atoms. The molecular formula is C12H14IN. The van der Waals surface area contributed by atoms with Crippen molar-refractivity contribution in [3.05, 3.63) is 34.0 Å². The first-order valence-corrected chi connectivity index (χ1v) is 5.83. The van der Waals surface area contributed by atoms with Gasteiger partial charge >= 0.3 is 0 Å². The normalized spacial score (nSPS) is 12.3. The van der Waals surface area contributed by atoms with Gasteiger partial charge in [0.2, 0.25) is 0 Å². The summed E-state index contributed by atoms with van der Waals surface area (Å²) in [6.45, 7) is 6.69. The van der Waals surface area contributed by atoms with Crippen molar-refractivity contribution >= 4 is 33.5 Å². The Bertz CT molecular complexity index is 463. The molecule has 0 saturated heterocycles. The van der Waals surface area contributed by atoms with Gasteiger partial charge in [0.1, 0.15) is 0 Å². The van der Waals surface area contributed by atoms with Crippen molar-refractivity contribution in [3.8, 4) is 0 Å². The Morgan fingerprint density at radius 1 is 1.14 bits per heavy atom. The third-order valence-corrected chi connectivity index (χ3v) is 3.05. The minimum atomic E-state index is 0.159. The van der Waals surface area contributed by atoms with E-state index in [2.05, 4.69) is 78.4 Å². The van der Waals surface area contributed by atoms with E-state index in [4.69, 9.17) is 0 Å². The first-order chi connectivity index (χ1) is 6.48. The highest BCUT2D eigenvalue weighted by Gasteiger charge is 2.14. The van der Waals surface area contributed by atoms with E-state index in [0.717, 1.165) is 0 Å². The summed E-state index contributed by atoms with van der Waals surface area (Å²) in [5.41, 5.74) is 1.48. The van der Waals surface area contributed by atoms with Crippen molar-refractivity contribution in [1.82, 2.24) is 4.57 Å². The third-order valence-electron chi connectivity index (χ3n) is 2.38. The summed E-state index contributed by atoms with van der Waals surface area (Å²) in [6.07, 6.45) is 2.17. The number of benzene rings is 1. The molecular weight excluding hydrogens is 285 g/mol. The zero-order valence-electron chi connectivity index (χ0n) is 8.71. The van der Waals surface area contributed by atoms with Gasteiger partial charge in [0, 0.05) is 20.8 Å². The van der Waals surface area contributed by atoms with E-state index in [1.165, 1.54) is 14.5 Å². The summed E-state index contributed by atoms with van der Waals surface area (Å²) in [5, 5.41) is 1.32. The molecule has 0 aliphatic rings. The number of hydrogen-bond acceptors (Lipinski definition) is 0. The summed E-state index contributed by atoms with van der Waals surface area (Å²) in [5.74, 6) is 0. The van der Waals surface area contributed by atoms with Crippen LogP contribution >= 0.6 is 22.6 Å². The topological polar surface area (TPSA) is 4.93 Å². The van der Waals surface area contributed by atoms with E-state index in [9.17, 15) is 0 Å². The van der Waals surface area contributed by atoms with Crippen LogP contribution in [0.4, 0.5) is 0 Å². The number of rotatable bonds is 0. The maximum absolute atomic E-state index is 2.36. The van der Waals surface area contributed by atoms with Crippen molar-refractivity contribution in [2.75, 3.05) is 0 Å². The second-order valence-electron chi connectivity index (χ2n) is 4.56. The fourth-order valence-corrected chi connectivity index (χ4v) is 2.16. The summed E-state index contributed by atoms with van der Waals surface area (Å²) in [6, 6.07) is 8.74. The van der Waals surface area contributed by atoms with Crippen LogP contribution in [0.15, 0.2) is 30.5 Å². The summed E-state index contributed by atoms with van der Waals surface area (Å²) >= 11 is 2.36. The first kappa shape index (κ1) is 10.0. The lowest BCUT2D eigenvalue weighted by Crippen LogP contribution is -2.20. The molecule has 1 heterocycles. The molecule has 0 radical (unpaired) electrons. The van der Waals surface area contributed by atoms with Crippen LogP contribution in [0.5, 0.6) is 0 Å². The third kappa shape index (κ3) is 1.67. The smallest absolute Gasteiger partial charge is 0.0495 e. The molecule has 2 rings (SSSR count). The highest BCUT2D eigenvalue weighted by molar-refractivity contribution is 14.1. The van der Waals surface area contributed by atoms with Gasteiger partial charge in [-0.3, -0.25) is 0 Å². The minimum Gasteiger partial charge on any atom is -0.342 e. The Morgan fingerprint density at radius 2 is 1.86 bits per heavy atom. The van der Waals surface area contributed by atoms with E-state index < -0.39 is 0 Å². The first-order valence-electron chi connectivity index (χ1n) is 4.75. The van der Waals surface area contributed by atoms with Crippen molar-refractivity contribution in [2.45, 2.75) is 26.3 Å². The van der Waals surface area contributed by atoms with Gasteiger partial charge < -0.3 is 4.57 Å². The molecule has 2 heteroatoms. The number of nitrogens with zero attached hydrogens (tertiary/aromatic N) is 1. The number of hydrogen-bond donors (Lipinski definition) is 0. The molecule has 0 unspecified atom stereocenters. The second kappa shape index (κ2) is 3.26. The molecule has 0 aliphatic carbocycles. The fraction of sp³-hybridized carbons (Fsp3) is 0.333. The van der Waals surface area contributed by atoms with Crippen molar-refractivity contribution in [1.29, 1.82) is 0 Å². The molecule has 1 nitrogen and oxygen atoms in total. The van der Waals surface area contributed by atoms with Crippen LogP contribution < -0.4 is 0 Å². The van der Waals surface area contributed by atoms with Gasteiger partial charge in [-0.1, -0.05) is 6.07 Å². The molecule has 74 valence electrons. The highest BCUT2D eigenvalue weighted by Crippen LogP contribution is 2.25. The predicted molar refractivity (Wildman–Crippen MR) is 69.7 cm³/mol. The molecule has 0 amide bonds. The van der Waals surface area contributed by atoms with Gasteiger partial charge in [-0.2, -0.15) is 0 Å². The molecule has 0 aliphatic heterocycles.